The SMILES string of the molecule is O=C(O)c1cccc(C(=O)Nc2cc(Cl)c(F)c(Cl)c2)c1. The van der Waals surface area contributed by atoms with E-state index in [0.717, 1.165) is 0 Å². The largest absolute Gasteiger partial charge is 0.478 e. The normalized spacial score (nSPS) is 10.2. The maximum Gasteiger partial charge on any atom is 0.335 e. The second-order valence-electron chi connectivity index (χ2n) is 4.09. The third-order valence-corrected chi connectivity index (χ3v) is 3.16. The van der Waals surface area contributed by atoms with Crippen molar-refractivity contribution in [1.29, 1.82) is 0 Å². The number of carboxylic acids is 1. The van der Waals surface area contributed by atoms with Gasteiger partial charge in [0.15, 0.2) is 5.82 Å². The van der Waals surface area contributed by atoms with Crippen LogP contribution in [0.3, 0.4) is 0 Å². The number of rotatable bonds is 3. The van der Waals surface area contributed by atoms with Crippen molar-refractivity contribution in [3.05, 3.63) is 63.4 Å². The molecule has 108 valence electrons. The van der Waals surface area contributed by atoms with E-state index in [9.17, 15) is 14.0 Å². The van der Waals surface area contributed by atoms with Crippen LogP contribution >= 0.6 is 23.2 Å². The summed E-state index contributed by atoms with van der Waals surface area (Å²) >= 11 is 11.3. The average Bonchev–Trinajstić information content (AvgIpc) is 2.44. The summed E-state index contributed by atoms with van der Waals surface area (Å²) in [6.07, 6.45) is 0. The Morgan fingerprint density at radius 2 is 1.62 bits per heavy atom. The van der Waals surface area contributed by atoms with E-state index >= 15 is 0 Å². The topological polar surface area (TPSA) is 66.4 Å². The number of anilines is 1. The first kappa shape index (κ1) is 15.3. The number of carboxylic acid groups (broad SMARTS) is 1. The van der Waals surface area contributed by atoms with Gasteiger partial charge in [0.25, 0.3) is 5.91 Å². The van der Waals surface area contributed by atoms with Crippen LogP contribution in [0.5, 0.6) is 0 Å². The molecule has 2 aromatic rings. The van der Waals surface area contributed by atoms with E-state index in [1.807, 2.05) is 0 Å². The molecule has 4 nitrogen and oxygen atoms in total. The zero-order chi connectivity index (χ0) is 15.6. The third-order valence-electron chi connectivity index (χ3n) is 2.61. The molecule has 0 aromatic heterocycles. The highest BCUT2D eigenvalue weighted by atomic mass is 35.5. The van der Waals surface area contributed by atoms with Gasteiger partial charge in [-0.05, 0) is 30.3 Å². The minimum atomic E-state index is -1.14. The quantitative estimate of drug-likeness (QED) is 0.834. The summed E-state index contributed by atoms with van der Waals surface area (Å²) in [6, 6.07) is 7.91. The summed E-state index contributed by atoms with van der Waals surface area (Å²) in [5.41, 5.74) is 0.335. The number of benzene rings is 2. The molecule has 2 N–H and O–H groups in total. The maximum atomic E-state index is 13.3. The second kappa shape index (κ2) is 6.11. The molecule has 0 saturated heterocycles. The van der Waals surface area contributed by atoms with Crippen LogP contribution in [0.25, 0.3) is 0 Å². The van der Waals surface area contributed by atoms with Gasteiger partial charge in [-0.15, -0.1) is 0 Å². The predicted molar refractivity (Wildman–Crippen MR) is 77.8 cm³/mol. The van der Waals surface area contributed by atoms with E-state index in [0.29, 0.717) is 0 Å². The number of aromatic carboxylic acids is 1. The van der Waals surface area contributed by atoms with Gasteiger partial charge in [0.2, 0.25) is 0 Å². The number of amides is 1. The summed E-state index contributed by atoms with van der Waals surface area (Å²) in [6.45, 7) is 0. The summed E-state index contributed by atoms with van der Waals surface area (Å²) in [5, 5.41) is 10.9. The zero-order valence-electron chi connectivity index (χ0n) is 10.4. The van der Waals surface area contributed by atoms with Gasteiger partial charge in [0, 0.05) is 11.3 Å². The lowest BCUT2D eigenvalue weighted by molar-refractivity contribution is 0.0697. The van der Waals surface area contributed by atoms with Crippen molar-refractivity contribution in [1.82, 2.24) is 0 Å². The Labute approximate surface area is 129 Å². The molecule has 0 spiro atoms. The number of halogens is 3. The number of carbonyl (C=O) groups excluding carboxylic acids is 1. The molecule has 7 heteroatoms. The molecule has 0 aliphatic heterocycles. The molecule has 1 amide bonds. The third kappa shape index (κ3) is 3.51. The maximum absolute atomic E-state index is 13.3. The van der Waals surface area contributed by atoms with Crippen LogP contribution in [0.15, 0.2) is 36.4 Å². The van der Waals surface area contributed by atoms with Crippen LogP contribution in [-0.4, -0.2) is 17.0 Å². The lowest BCUT2D eigenvalue weighted by Gasteiger charge is -2.08. The molecule has 0 saturated carbocycles. The first-order valence-corrected chi connectivity index (χ1v) is 6.43. The second-order valence-corrected chi connectivity index (χ2v) is 4.91. The van der Waals surface area contributed by atoms with Crippen LogP contribution in [0.4, 0.5) is 10.1 Å². The van der Waals surface area contributed by atoms with E-state index in [1.54, 1.807) is 0 Å². The number of hydrogen-bond donors (Lipinski definition) is 2. The van der Waals surface area contributed by atoms with E-state index in [1.165, 1.54) is 36.4 Å². The summed E-state index contributed by atoms with van der Waals surface area (Å²) in [5.74, 6) is -2.47. The molecular formula is C14H8Cl2FNO3. The standard InChI is InChI=1S/C14H8Cl2FNO3/c15-10-5-9(6-11(16)12(10)17)18-13(19)7-2-1-3-8(4-7)14(20)21/h1-6H,(H,18,19)(H,20,21). The molecule has 0 atom stereocenters. The molecule has 0 bridgehead atoms. The van der Waals surface area contributed by atoms with Crippen molar-refractivity contribution >= 4 is 40.8 Å². The first-order valence-electron chi connectivity index (χ1n) is 5.67. The van der Waals surface area contributed by atoms with Crippen molar-refractivity contribution in [2.24, 2.45) is 0 Å². The summed E-state index contributed by atoms with van der Waals surface area (Å²) in [7, 11) is 0. The summed E-state index contributed by atoms with van der Waals surface area (Å²) in [4.78, 5) is 22.9. The molecule has 0 aliphatic carbocycles. The van der Waals surface area contributed by atoms with Crippen LogP contribution in [0, 0.1) is 5.82 Å². The lowest BCUT2D eigenvalue weighted by Crippen LogP contribution is -2.13. The predicted octanol–water partition coefficient (Wildman–Crippen LogP) is 4.08. The van der Waals surface area contributed by atoms with Crippen molar-refractivity contribution in [2.45, 2.75) is 0 Å². The minimum absolute atomic E-state index is 0.0159. The Morgan fingerprint density at radius 1 is 1.05 bits per heavy atom. The van der Waals surface area contributed by atoms with Crippen LogP contribution < -0.4 is 5.32 Å². The van der Waals surface area contributed by atoms with Crippen molar-refractivity contribution in [2.75, 3.05) is 5.32 Å². The molecular weight excluding hydrogens is 320 g/mol. The Hall–Kier alpha value is -2.11. The molecule has 0 heterocycles. The fourth-order valence-electron chi connectivity index (χ4n) is 1.62. The molecule has 0 fully saturated rings. The highest BCUT2D eigenvalue weighted by Gasteiger charge is 2.12. The van der Waals surface area contributed by atoms with Crippen molar-refractivity contribution in [3.63, 3.8) is 0 Å². The molecule has 0 unspecified atom stereocenters. The van der Waals surface area contributed by atoms with Crippen LogP contribution in [-0.2, 0) is 0 Å². The highest BCUT2D eigenvalue weighted by molar-refractivity contribution is 6.35. The molecule has 0 radical (unpaired) electrons. The highest BCUT2D eigenvalue weighted by Crippen LogP contribution is 2.27. The van der Waals surface area contributed by atoms with Gasteiger partial charge < -0.3 is 10.4 Å². The fourth-order valence-corrected chi connectivity index (χ4v) is 2.11. The van der Waals surface area contributed by atoms with Crippen LogP contribution in [0.2, 0.25) is 10.0 Å². The lowest BCUT2D eigenvalue weighted by atomic mass is 10.1. The Balaban J connectivity index is 2.26. The van der Waals surface area contributed by atoms with Gasteiger partial charge in [-0.2, -0.15) is 0 Å². The Kier molecular flexibility index (Phi) is 4.45. The van der Waals surface area contributed by atoms with Gasteiger partial charge in [0.1, 0.15) is 0 Å². The van der Waals surface area contributed by atoms with Gasteiger partial charge in [-0.1, -0.05) is 29.3 Å². The molecule has 2 aromatic carbocycles. The van der Waals surface area contributed by atoms with Crippen molar-refractivity contribution in [3.8, 4) is 0 Å². The molecule has 2 rings (SSSR count). The van der Waals surface area contributed by atoms with E-state index in [-0.39, 0.29) is 26.9 Å². The monoisotopic (exact) mass is 327 g/mol. The Bertz CT molecular complexity index is 711. The Morgan fingerprint density at radius 3 is 2.19 bits per heavy atom. The minimum Gasteiger partial charge on any atom is -0.478 e. The number of carbonyl (C=O) groups is 2. The average molecular weight is 328 g/mol. The van der Waals surface area contributed by atoms with Crippen molar-refractivity contribution < 1.29 is 19.1 Å². The van der Waals surface area contributed by atoms with E-state index < -0.39 is 17.7 Å². The smallest absolute Gasteiger partial charge is 0.335 e. The van der Waals surface area contributed by atoms with Gasteiger partial charge in [-0.3, -0.25) is 4.79 Å². The van der Waals surface area contributed by atoms with Gasteiger partial charge >= 0.3 is 5.97 Å². The first-order chi connectivity index (χ1) is 9.88. The molecule has 21 heavy (non-hydrogen) atoms. The summed E-state index contributed by atoms with van der Waals surface area (Å²) < 4.78 is 13.3. The zero-order valence-corrected chi connectivity index (χ0v) is 11.9. The van der Waals surface area contributed by atoms with Gasteiger partial charge in [0.05, 0.1) is 15.6 Å². The van der Waals surface area contributed by atoms with E-state index in [4.69, 9.17) is 28.3 Å². The fraction of sp³-hybridized carbons (Fsp3) is 0. The number of nitrogens with one attached hydrogen (secondary N) is 1. The van der Waals surface area contributed by atoms with E-state index in [2.05, 4.69) is 5.32 Å². The van der Waals surface area contributed by atoms with Gasteiger partial charge in [-0.25, -0.2) is 9.18 Å². The number of hydrogen-bond acceptors (Lipinski definition) is 2. The van der Waals surface area contributed by atoms with Crippen LogP contribution in [0.1, 0.15) is 20.7 Å². The molecule has 0 aliphatic rings.